The first kappa shape index (κ1) is 20.2. The van der Waals surface area contributed by atoms with Gasteiger partial charge in [-0.1, -0.05) is 79.4 Å². The maximum absolute atomic E-state index is 12.0. The number of hydrogen-bond donors (Lipinski definition) is 0. The Kier molecular flexibility index (Phi) is 6.13. The SMILES string of the molecule is C=C(c1ccc(-c2ccccc2)cc1)c1ccc2c(c1)CCC[C@@H]2CC(=O)OCC. The predicted octanol–water partition coefficient (Wildman–Crippen LogP) is 6.79. The number of fused-ring (bicyclic) bond motifs is 1. The van der Waals surface area contributed by atoms with E-state index in [1.807, 2.05) is 13.0 Å². The maximum Gasteiger partial charge on any atom is 0.306 e. The Morgan fingerprint density at radius 2 is 1.67 bits per heavy atom. The largest absolute Gasteiger partial charge is 0.466 e. The van der Waals surface area contributed by atoms with Gasteiger partial charge in [0, 0.05) is 0 Å². The lowest BCUT2D eigenvalue weighted by molar-refractivity contribution is -0.143. The van der Waals surface area contributed by atoms with Gasteiger partial charge in [0.1, 0.15) is 0 Å². The molecule has 3 aromatic rings. The first-order valence-electron chi connectivity index (χ1n) is 10.8. The van der Waals surface area contributed by atoms with Crippen LogP contribution in [0.4, 0.5) is 0 Å². The molecule has 4 rings (SSSR count). The molecule has 0 bridgehead atoms. The second-order valence-electron chi connectivity index (χ2n) is 7.93. The smallest absolute Gasteiger partial charge is 0.306 e. The van der Waals surface area contributed by atoms with Gasteiger partial charge in [0.25, 0.3) is 0 Å². The standard InChI is InChI=1S/C28H28O2/c1-3-30-28(29)19-26-11-7-10-25-18-24(16-17-27(25)26)20(2)21-12-14-23(15-13-21)22-8-5-4-6-9-22/h4-6,8-9,12-18,26H,2-3,7,10-11,19H2,1H3/t26-/m1/s1. The predicted molar refractivity (Wildman–Crippen MR) is 123 cm³/mol. The zero-order chi connectivity index (χ0) is 20.9. The molecular formula is C28H28O2. The summed E-state index contributed by atoms with van der Waals surface area (Å²) in [6.07, 6.45) is 3.69. The fraction of sp³-hybridized carbons (Fsp3) is 0.250. The molecule has 0 saturated carbocycles. The average molecular weight is 397 g/mol. The van der Waals surface area contributed by atoms with Crippen LogP contribution >= 0.6 is 0 Å². The molecule has 0 aromatic heterocycles. The number of hydrogen-bond acceptors (Lipinski definition) is 2. The quantitative estimate of drug-likeness (QED) is 0.429. The molecule has 0 unspecified atom stereocenters. The third kappa shape index (κ3) is 4.38. The molecule has 1 atom stereocenters. The number of benzene rings is 3. The summed E-state index contributed by atoms with van der Waals surface area (Å²) in [5.41, 5.74) is 8.38. The highest BCUT2D eigenvalue weighted by atomic mass is 16.5. The first-order valence-corrected chi connectivity index (χ1v) is 10.8. The van der Waals surface area contributed by atoms with E-state index in [1.54, 1.807) is 0 Å². The lowest BCUT2D eigenvalue weighted by Gasteiger charge is -2.25. The van der Waals surface area contributed by atoms with Crippen LogP contribution in [0.15, 0.2) is 79.4 Å². The Morgan fingerprint density at radius 1 is 0.967 bits per heavy atom. The van der Waals surface area contributed by atoms with Crippen molar-refractivity contribution in [1.29, 1.82) is 0 Å². The summed E-state index contributed by atoms with van der Waals surface area (Å²) >= 11 is 0. The highest BCUT2D eigenvalue weighted by Gasteiger charge is 2.23. The summed E-state index contributed by atoms with van der Waals surface area (Å²) in [5.74, 6) is 0.169. The Labute approximate surface area is 179 Å². The van der Waals surface area contributed by atoms with Crippen molar-refractivity contribution in [2.75, 3.05) is 6.61 Å². The molecule has 0 amide bonds. The van der Waals surface area contributed by atoms with E-state index >= 15 is 0 Å². The average Bonchev–Trinajstić information content (AvgIpc) is 2.79. The van der Waals surface area contributed by atoms with E-state index in [9.17, 15) is 4.79 Å². The van der Waals surface area contributed by atoms with Gasteiger partial charge in [-0.25, -0.2) is 0 Å². The normalized spacial score (nSPS) is 15.3. The van der Waals surface area contributed by atoms with Crippen molar-refractivity contribution in [1.82, 2.24) is 0 Å². The molecule has 152 valence electrons. The molecule has 0 saturated heterocycles. The minimum atomic E-state index is -0.0951. The number of carbonyl (C=O) groups is 1. The molecule has 0 radical (unpaired) electrons. The van der Waals surface area contributed by atoms with Crippen LogP contribution in [-0.4, -0.2) is 12.6 Å². The fourth-order valence-corrected chi connectivity index (χ4v) is 4.40. The zero-order valence-corrected chi connectivity index (χ0v) is 17.6. The van der Waals surface area contributed by atoms with Gasteiger partial charge >= 0.3 is 5.97 Å². The zero-order valence-electron chi connectivity index (χ0n) is 17.6. The molecule has 1 aliphatic carbocycles. The van der Waals surface area contributed by atoms with Crippen LogP contribution < -0.4 is 0 Å². The van der Waals surface area contributed by atoms with E-state index in [-0.39, 0.29) is 11.9 Å². The lowest BCUT2D eigenvalue weighted by atomic mass is 9.79. The Balaban J connectivity index is 1.53. The number of carbonyl (C=O) groups excluding carboxylic acids is 1. The van der Waals surface area contributed by atoms with Crippen molar-refractivity contribution >= 4 is 11.5 Å². The van der Waals surface area contributed by atoms with Crippen molar-refractivity contribution in [2.45, 2.75) is 38.5 Å². The van der Waals surface area contributed by atoms with E-state index in [4.69, 9.17) is 4.74 Å². The molecule has 2 heteroatoms. The van der Waals surface area contributed by atoms with Gasteiger partial charge in [-0.15, -0.1) is 0 Å². The highest BCUT2D eigenvalue weighted by Crippen LogP contribution is 2.36. The van der Waals surface area contributed by atoms with Gasteiger partial charge in [-0.2, -0.15) is 0 Å². The second kappa shape index (κ2) is 9.13. The fourth-order valence-electron chi connectivity index (χ4n) is 4.40. The monoisotopic (exact) mass is 396 g/mol. The van der Waals surface area contributed by atoms with Crippen LogP contribution in [0.3, 0.4) is 0 Å². The van der Waals surface area contributed by atoms with Crippen LogP contribution in [0, 0.1) is 0 Å². The highest BCUT2D eigenvalue weighted by molar-refractivity contribution is 5.80. The van der Waals surface area contributed by atoms with Crippen LogP contribution in [0.25, 0.3) is 16.7 Å². The van der Waals surface area contributed by atoms with Crippen molar-refractivity contribution < 1.29 is 9.53 Å². The molecule has 0 heterocycles. The summed E-state index contributed by atoms with van der Waals surface area (Å²) in [7, 11) is 0. The van der Waals surface area contributed by atoms with Gasteiger partial charge in [0.15, 0.2) is 0 Å². The van der Waals surface area contributed by atoms with E-state index in [0.717, 1.165) is 36.0 Å². The Morgan fingerprint density at radius 3 is 2.40 bits per heavy atom. The molecule has 1 aliphatic rings. The van der Waals surface area contributed by atoms with Gasteiger partial charge in [0.2, 0.25) is 0 Å². The molecular weight excluding hydrogens is 368 g/mol. The summed E-state index contributed by atoms with van der Waals surface area (Å²) in [6, 6.07) is 25.6. The third-order valence-electron chi connectivity index (χ3n) is 5.99. The summed E-state index contributed by atoms with van der Waals surface area (Å²) < 4.78 is 5.17. The summed E-state index contributed by atoms with van der Waals surface area (Å²) in [4.78, 5) is 12.0. The van der Waals surface area contributed by atoms with Crippen LogP contribution in [-0.2, 0) is 16.0 Å². The van der Waals surface area contributed by atoms with Crippen LogP contribution in [0.2, 0.25) is 0 Å². The molecule has 2 nitrogen and oxygen atoms in total. The number of esters is 1. The van der Waals surface area contributed by atoms with Gasteiger partial charge in [-0.05, 0) is 71.1 Å². The van der Waals surface area contributed by atoms with Crippen molar-refractivity contribution in [2.24, 2.45) is 0 Å². The summed E-state index contributed by atoms with van der Waals surface area (Å²) in [6.45, 7) is 6.67. The Bertz CT molecular complexity index is 1030. The molecule has 0 spiro atoms. The van der Waals surface area contributed by atoms with Crippen molar-refractivity contribution in [3.05, 3.63) is 102 Å². The van der Waals surface area contributed by atoms with Gasteiger partial charge in [0.05, 0.1) is 13.0 Å². The molecule has 30 heavy (non-hydrogen) atoms. The minimum absolute atomic E-state index is 0.0951. The van der Waals surface area contributed by atoms with E-state index < -0.39 is 0 Å². The van der Waals surface area contributed by atoms with Crippen LogP contribution in [0.1, 0.15) is 54.4 Å². The maximum atomic E-state index is 12.0. The Hall–Kier alpha value is -3.13. The van der Waals surface area contributed by atoms with E-state index in [0.29, 0.717) is 13.0 Å². The molecule has 0 aliphatic heterocycles. The van der Waals surface area contributed by atoms with Gasteiger partial charge < -0.3 is 4.74 Å². The first-order chi connectivity index (χ1) is 14.7. The topological polar surface area (TPSA) is 26.3 Å². The lowest BCUT2D eigenvalue weighted by Crippen LogP contribution is -2.15. The second-order valence-corrected chi connectivity index (χ2v) is 7.93. The molecule has 0 N–H and O–H groups in total. The molecule has 0 fully saturated rings. The van der Waals surface area contributed by atoms with Crippen molar-refractivity contribution in [3.8, 4) is 11.1 Å². The van der Waals surface area contributed by atoms with Crippen molar-refractivity contribution in [3.63, 3.8) is 0 Å². The van der Waals surface area contributed by atoms with Gasteiger partial charge in [-0.3, -0.25) is 4.79 Å². The minimum Gasteiger partial charge on any atom is -0.466 e. The third-order valence-corrected chi connectivity index (χ3v) is 5.99. The van der Waals surface area contributed by atoms with Crippen LogP contribution in [0.5, 0.6) is 0 Å². The van der Waals surface area contributed by atoms with E-state index in [1.165, 1.54) is 22.3 Å². The number of aryl methyl sites for hydroxylation is 1. The number of rotatable bonds is 6. The molecule has 3 aromatic carbocycles. The van der Waals surface area contributed by atoms with E-state index in [2.05, 4.69) is 73.3 Å². The number of ether oxygens (including phenoxy) is 1. The summed E-state index contributed by atoms with van der Waals surface area (Å²) in [5, 5.41) is 0.